The van der Waals surface area contributed by atoms with E-state index in [1.807, 2.05) is 6.92 Å². The monoisotopic (exact) mass is 487 g/mol. The predicted molar refractivity (Wildman–Crippen MR) is 123 cm³/mol. The molecule has 3 aromatic rings. The lowest BCUT2D eigenvalue weighted by molar-refractivity contribution is 0.102. The second kappa shape index (κ2) is 8.51. The molecule has 3 aromatic heterocycles. The predicted octanol–water partition coefficient (Wildman–Crippen LogP) is 3.88. The van der Waals surface area contributed by atoms with Crippen LogP contribution in [0.3, 0.4) is 0 Å². The molecule has 0 bridgehead atoms. The summed E-state index contributed by atoms with van der Waals surface area (Å²) >= 11 is 7.28. The lowest BCUT2D eigenvalue weighted by Gasteiger charge is -2.13. The molecule has 0 unspecified atom stereocenters. The largest absolute Gasteiger partial charge is 0.494 e. The van der Waals surface area contributed by atoms with Gasteiger partial charge >= 0.3 is 0 Å². The number of carbonyl (C=O) groups is 1. The first-order valence-electron chi connectivity index (χ1n) is 10.4. The summed E-state index contributed by atoms with van der Waals surface area (Å²) < 4.78 is 16.9. The zero-order chi connectivity index (χ0) is 23.2. The molecular weight excluding hydrogens is 466 g/mol. The molecule has 0 spiro atoms. The average Bonchev–Trinajstić information content (AvgIpc) is 3.17. The van der Waals surface area contributed by atoms with E-state index in [4.69, 9.17) is 25.8 Å². The maximum atomic E-state index is 13.1. The number of rotatable bonds is 7. The highest BCUT2D eigenvalue weighted by Gasteiger charge is 2.66. The molecule has 1 saturated heterocycles. The zero-order valence-electron chi connectivity index (χ0n) is 18.3. The molecule has 1 saturated carbocycles. The SMILES string of the molecule is COc1cnc(Cl)cc1-c1cc(C)ncc1C(=O)Nc1nnc(OC[C@@]23COC[C@@H]2[C@@H]3C)s1. The van der Waals surface area contributed by atoms with Crippen LogP contribution in [0.1, 0.15) is 23.0 Å². The van der Waals surface area contributed by atoms with Crippen molar-refractivity contribution in [3.8, 4) is 22.1 Å². The molecule has 1 amide bonds. The van der Waals surface area contributed by atoms with Gasteiger partial charge in [0, 0.05) is 28.4 Å². The number of hydrogen-bond acceptors (Lipinski definition) is 9. The van der Waals surface area contributed by atoms with Gasteiger partial charge in [0.15, 0.2) is 0 Å². The van der Waals surface area contributed by atoms with E-state index in [0.717, 1.165) is 12.3 Å². The molecule has 5 rings (SSSR count). The van der Waals surface area contributed by atoms with Gasteiger partial charge in [-0.15, -0.1) is 5.10 Å². The number of carbonyl (C=O) groups excluding carboxylic acids is 1. The first-order valence-corrected chi connectivity index (χ1v) is 11.6. The smallest absolute Gasteiger partial charge is 0.295 e. The molecule has 172 valence electrons. The number of anilines is 1. The Kier molecular flexibility index (Phi) is 5.67. The number of fused-ring (bicyclic) bond motifs is 1. The molecule has 4 heterocycles. The average molecular weight is 488 g/mol. The van der Waals surface area contributed by atoms with Gasteiger partial charge in [0.1, 0.15) is 10.9 Å². The van der Waals surface area contributed by atoms with Crippen molar-refractivity contribution in [1.82, 2.24) is 20.2 Å². The van der Waals surface area contributed by atoms with E-state index in [2.05, 4.69) is 32.4 Å². The molecular formula is C22H22ClN5O4S. The first-order chi connectivity index (χ1) is 15.9. The van der Waals surface area contributed by atoms with E-state index in [0.29, 0.717) is 57.8 Å². The normalized spacial score (nSPS) is 23.2. The van der Waals surface area contributed by atoms with Crippen molar-refractivity contribution < 1.29 is 19.0 Å². The third-order valence-corrected chi connectivity index (χ3v) is 7.49. The summed E-state index contributed by atoms with van der Waals surface area (Å²) in [6.07, 6.45) is 3.03. The van der Waals surface area contributed by atoms with E-state index in [-0.39, 0.29) is 16.5 Å². The molecule has 3 atom stereocenters. The topological polar surface area (TPSA) is 108 Å². The standard InChI is InChI=1S/C22H22ClN5O4S/c1-11-4-13(14-5-18(23)25-7-17(14)30-3)15(6-24-11)19(29)26-20-27-28-21(33-20)32-10-22-9-31-8-16(22)12(22)2/h4-7,12,16H,8-10H2,1-3H3,(H,26,27,29)/t12-,16+,22+/m0/s1. The van der Waals surface area contributed by atoms with E-state index >= 15 is 0 Å². The van der Waals surface area contributed by atoms with Crippen LogP contribution in [0.2, 0.25) is 5.15 Å². The van der Waals surface area contributed by atoms with Gasteiger partial charge in [0.05, 0.1) is 38.7 Å². The second-order valence-electron chi connectivity index (χ2n) is 8.34. The lowest BCUT2D eigenvalue weighted by atomic mass is 10.0. The van der Waals surface area contributed by atoms with Crippen molar-refractivity contribution >= 4 is 34.0 Å². The van der Waals surface area contributed by atoms with Crippen molar-refractivity contribution in [1.29, 1.82) is 0 Å². The van der Waals surface area contributed by atoms with Crippen LogP contribution in [0.25, 0.3) is 11.1 Å². The van der Waals surface area contributed by atoms with Crippen LogP contribution in [-0.4, -0.2) is 53.0 Å². The minimum Gasteiger partial charge on any atom is -0.494 e. The highest BCUT2D eigenvalue weighted by Crippen LogP contribution is 2.62. The summed E-state index contributed by atoms with van der Waals surface area (Å²) in [4.78, 5) is 21.5. The molecule has 9 nitrogen and oxygen atoms in total. The van der Waals surface area contributed by atoms with Gasteiger partial charge in [-0.25, -0.2) is 4.98 Å². The molecule has 0 aromatic carbocycles. The number of nitrogens with zero attached hydrogens (tertiary/aromatic N) is 4. The van der Waals surface area contributed by atoms with Crippen molar-refractivity contribution in [2.45, 2.75) is 13.8 Å². The van der Waals surface area contributed by atoms with Crippen molar-refractivity contribution in [2.24, 2.45) is 17.3 Å². The van der Waals surface area contributed by atoms with Crippen LogP contribution in [0, 0.1) is 24.2 Å². The van der Waals surface area contributed by atoms with Crippen molar-refractivity contribution in [3.63, 3.8) is 0 Å². The summed E-state index contributed by atoms with van der Waals surface area (Å²) in [6.45, 7) is 6.11. The van der Waals surface area contributed by atoms with Crippen molar-refractivity contribution in [2.75, 3.05) is 32.2 Å². The maximum Gasteiger partial charge on any atom is 0.295 e. The Bertz CT molecular complexity index is 1220. The van der Waals surface area contributed by atoms with E-state index < -0.39 is 0 Å². The summed E-state index contributed by atoms with van der Waals surface area (Å²) in [5, 5.41) is 11.9. The molecule has 2 aliphatic rings. The fourth-order valence-electron chi connectivity index (χ4n) is 4.44. The Labute approximate surface area is 199 Å². The number of aryl methyl sites for hydroxylation is 1. The second-order valence-corrected chi connectivity index (χ2v) is 9.67. The minimum atomic E-state index is -0.381. The number of amides is 1. The minimum absolute atomic E-state index is 0.0857. The Morgan fingerprint density at radius 3 is 2.91 bits per heavy atom. The van der Waals surface area contributed by atoms with Crippen LogP contribution < -0.4 is 14.8 Å². The van der Waals surface area contributed by atoms with Gasteiger partial charge in [0.2, 0.25) is 5.13 Å². The lowest BCUT2D eigenvalue weighted by Crippen LogP contribution is -2.18. The van der Waals surface area contributed by atoms with Crippen LogP contribution in [0.5, 0.6) is 10.9 Å². The summed E-state index contributed by atoms with van der Waals surface area (Å²) in [5.74, 6) is 1.25. The molecule has 33 heavy (non-hydrogen) atoms. The number of methoxy groups -OCH3 is 1. The Hall–Kier alpha value is -2.82. The van der Waals surface area contributed by atoms with Gasteiger partial charge < -0.3 is 14.2 Å². The number of aromatic nitrogens is 4. The highest BCUT2D eigenvalue weighted by atomic mass is 35.5. The van der Waals surface area contributed by atoms with Crippen LogP contribution in [0.4, 0.5) is 5.13 Å². The number of pyridine rings is 2. The van der Waals surface area contributed by atoms with Gasteiger partial charge in [-0.2, -0.15) is 0 Å². The van der Waals surface area contributed by atoms with Crippen LogP contribution >= 0.6 is 22.9 Å². The van der Waals surface area contributed by atoms with Gasteiger partial charge in [0.25, 0.3) is 11.1 Å². The quantitative estimate of drug-likeness (QED) is 0.500. The Balaban J connectivity index is 1.33. The highest BCUT2D eigenvalue weighted by molar-refractivity contribution is 7.17. The maximum absolute atomic E-state index is 13.1. The fraction of sp³-hybridized carbons (Fsp3) is 0.409. The molecule has 1 aliphatic carbocycles. The third kappa shape index (κ3) is 4.03. The van der Waals surface area contributed by atoms with Crippen molar-refractivity contribution in [3.05, 3.63) is 40.9 Å². The first kappa shape index (κ1) is 22.0. The van der Waals surface area contributed by atoms with E-state index in [1.165, 1.54) is 30.8 Å². The Morgan fingerprint density at radius 2 is 2.15 bits per heavy atom. The number of ether oxygens (including phenoxy) is 3. The number of halogens is 1. The van der Waals surface area contributed by atoms with Gasteiger partial charge in [-0.05, 0) is 42.2 Å². The van der Waals surface area contributed by atoms with E-state index in [1.54, 1.807) is 12.1 Å². The summed E-state index contributed by atoms with van der Waals surface area (Å²) in [7, 11) is 1.53. The van der Waals surface area contributed by atoms with Crippen LogP contribution in [0.15, 0.2) is 24.5 Å². The fourth-order valence-corrected chi connectivity index (χ4v) is 5.19. The third-order valence-electron chi connectivity index (χ3n) is 6.53. The van der Waals surface area contributed by atoms with E-state index in [9.17, 15) is 4.79 Å². The van der Waals surface area contributed by atoms with Gasteiger partial charge in [-0.1, -0.05) is 23.6 Å². The van der Waals surface area contributed by atoms with Gasteiger partial charge in [-0.3, -0.25) is 15.1 Å². The summed E-state index contributed by atoms with van der Waals surface area (Å²) in [6, 6.07) is 3.45. The molecule has 0 radical (unpaired) electrons. The Morgan fingerprint density at radius 1 is 1.30 bits per heavy atom. The molecule has 1 N–H and O–H groups in total. The molecule has 11 heteroatoms. The summed E-state index contributed by atoms with van der Waals surface area (Å²) in [5.41, 5.74) is 2.43. The molecule has 2 fully saturated rings. The number of hydrogen-bond donors (Lipinski definition) is 1. The molecule has 1 aliphatic heterocycles. The number of nitrogens with one attached hydrogen (secondary N) is 1. The van der Waals surface area contributed by atoms with Crippen LogP contribution in [-0.2, 0) is 4.74 Å². The zero-order valence-corrected chi connectivity index (χ0v) is 19.9.